The molecule has 0 aliphatic carbocycles. The highest BCUT2D eigenvalue weighted by Gasteiger charge is 2.24. The Morgan fingerprint density at radius 3 is 2.50 bits per heavy atom. The number of urea groups is 1. The van der Waals surface area contributed by atoms with Crippen molar-refractivity contribution in [2.75, 3.05) is 0 Å². The summed E-state index contributed by atoms with van der Waals surface area (Å²) in [6.07, 6.45) is 0. The molecule has 18 heavy (non-hydrogen) atoms. The van der Waals surface area contributed by atoms with Gasteiger partial charge in [0, 0.05) is 4.88 Å². The van der Waals surface area contributed by atoms with Crippen LogP contribution < -0.4 is 16.4 Å². The molecular formula is C10H13N3O4S. The highest BCUT2D eigenvalue weighted by molar-refractivity contribution is 7.10. The molecule has 0 saturated carbocycles. The molecule has 0 fully saturated rings. The zero-order valence-electron chi connectivity index (χ0n) is 9.54. The van der Waals surface area contributed by atoms with Crippen LogP contribution in [-0.4, -0.2) is 29.1 Å². The van der Waals surface area contributed by atoms with Gasteiger partial charge < -0.3 is 21.5 Å². The number of aliphatic carboxylic acids is 1. The third-order valence-corrected chi connectivity index (χ3v) is 3.06. The lowest BCUT2D eigenvalue weighted by atomic mass is 10.2. The van der Waals surface area contributed by atoms with Gasteiger partial charge in [-0.15, -0.1) is 11.3 Å². The number of carboxylic acids is 1. The van der Waals surface area contributed by atoms with E-state index in [9.17, 15) is 14.4 Å². The summed E-state index contributed by atoms with van der Waals surface area (Å²) in [6, 6.07) is 0.498. The first-order valence-electron chi connectivity index (χ1n) is 5.04. The van der Waals surface area contributed by atoms with Crippen molar-refractivity contribution in [3.05, 3.63) is 22.4 Å². The van der Waals surface area contributed by atoms with E-state index in [0.717, 1.165) is 0 Å². The lowest BCUT2D eigenvalue weighted by Gasteiger charge is -2.15. The van der Waals surface area contributed by atoms with E-state index in [1.54, 1.807) is 17.5 Å². The molecule has 7 nitrogen and oxygen atoms in total. The Hall–Kier alpha value is -2.09. The van der Waals surface area contributed by atoms with Gasteiger partial charge in [0.2, 0.25) is 5.91 Å². The van der Waals surface area contributed by atoms with Crippen LogP contribution in [0.5, 0.6) is 0 Å². The van der Waals surface area contributed by atoms with Crippen LogP contribution in [0.1, 0.15) is 17.8 Å². The Balaban J connectivity index is 2.65. The number of amides is 3. The minimum absolute atomic E-state index is 0.490. The molecule has 0 bridgehead atoms. The van der Waals surface area contributed by atoms with Crippen molar-refractivity contribution in [3.63, 3.8) is 0 Å². The average Bonchev–Trinajstić information content (AvgIpc) is 2.78. The van der Waals surface area contributed by atoms with Gasteiger partial charge in [0.15, 0.2) is 6.04 Å². The summed E-state index contributed by atoms with van der Waals surface area (Å²) in [4.78, 5) is 33.7. The first-order chi connectivity index (χ1) is 8.41. The lowest BCUT2D eigenvalue weighted by Crippen LogP contribution is -2.48. The monoisotopic (exact) mass is 271 g/mol. The summed E-state index contributed by atoms with van der Waals surface area (Å²) in [5, 5.41) is 15.2. The van der Waals surface area contributed by atoms with E-state index in [1.165, 1.54) is 18.3 Å². The van der Waals surface area contributed by atoms with E-state index in [1.807, 2.05) is 0 Å². The maximum atomic E-state index is 11.5. The molecule has 98 valence electrons. The van der Waals surface area contributed by atoms with Crippen LogP contribution in [0.25, 0.3) is 0 Å². The highest BCUT2D eigenvalue weighted by atomic mass is 32.1. The van der Waals surface area contributed by atoms with E-state index in [-0.39, 0.29) is 0 Å². The molecule has 5 N–H and O–H groups in total. The van der Waals surface area contributed by atoms with Crippen LogP contribution in [0.4, 0.5) is 4.79 Å². The fraction of sp³-hybridized carbons (Fsp3) is 0.300. The molecule has 0 spiro atoms. The van der Waals surface area contributed by atoms with Crippen molar-refractivity contribution in [2.24, 2.45) is 5.73 Å². The Morgan fingerprint density at radius 2 is 2.06 bits per heavy atom. The predicted molar refractivity (Wildman–Crippen MR) is 65.0 cm³/mol. The summed E-state index contributed by atoms with van der Waals surface area (Å²) < 4.78 is 0. The maximum absolute atomic E-state index is 11.5. The Morgan fingerprint density at radius 1 is 1.39 bits per heavy atom. The molecular weight excluding hydrogens is 258 g/mol. The van der Waals surface area contributed by atoms with Gasteiger partial charge in [-0.2, -0.15) is 0 Å². The Kier molecular flexibility index (Phi) is 4.67. The second kappa shape index (κ2) is 6.01. The van der Waals surface area contributed by atoms with Crippen molar-refractivity contribution in [1.82, 2.24) is 10.6 Å². The molecule has 2 atom stereocenters. The number of carbonyl (C=O) groups is 3. The lowest BCUT2D eigenvalue weighted by molar-refractivity contribution is -0.139. The summed E-state index contributed by atoms with van der Waals surface area (Å²) in [5.41, 5.74) is 4.97. The van der Waals surface area contributed by atoms with Crippen LogP contribution in [0, 0.1) is 0 Å². The minimum Gasteiger partial charge on any atom is -0.479 e. The molecule has 0 aliphatic rings. The first-order valence-corrected chi connectivity index (χ1v) is 5.92. The van der Waals surface area contributed by atoms with Gasteiger partial charge in [-0.25, -0.2) is 9.59 Å². The van der Waals surface area contributed by atoms with Gasteiger partial charge >= 0.3 is 12.0 Å². The van der Waals surface area contributed by atoms with Crippen molar-refractivity contribution >= 4 is 29.2 Å². The van der Waals surface area contributed by atoms with Crippen LogP contribution in [0.15, 0.2) is 17.5 Å². The molecule has 0 aromatic carbocycles. The molecule has 2 unspecified atom stereocenters. The van der Waals surface area contributed by atoms with Crippen molar-refractivity contribution in [2.45, 2.75) is 19.0 Å². The molecule has 0 aliphatic heterocycles. The third kappa shape index (κ3) is 3.74. The standard InChI is InChI=1S/C10H13N3O4S/c1-5(8(11)14)12-10(17)13-7(9(15)16)6-3-2-4-18-6/h2-5,7H,1H3,(H2,11,14)(H,15,16)(H2,12,13,17). The van der Waals surface area contributed by atoms with Crippen LogP contribution in [0.3, 0.4) is 0 Å². The molecule has 1 rings (SSSR count). The number of nitrogens with one attached hydrogen (secondary N) is 2. The Labute approximate surface area is 107 Å². The van der Waals surface area contributed by atoms with E-state index >= 15 is 0 Å². The summed E-state index contributed by atoms with van der Waals surface area (Å²) in [5.74, 6) is -1.88. The molecule has 1 heterocycles. The highest BCUT2D eigenvalue weighted by Crippen LogP contribution is 2.18. The molecule has 0 saturated heterocycles. The second-order valence-corrected chi connectivity index (χ2v) is 4.51. The summed E-state index contributed by atoms with van der Waals surface area (Å²) >= 11 is 1.21. The fourth-order valence-electron chi connectivity index (χ4n) is 1.15. The zero-order chi connectivity index (χ0) is 13.7. The number of hydrogen-bond acceptors (Lipinski definition) is 4. The topological polar surface area (TPSA) is 122 Å². The second-order valence-electron chi connectivity index (χ2n) is 3.53. The van der Waals surface area contributed by atoms with Gasteiger partial charge in [-0.1, -0.05) is 6.07 Å². The number of rotatable bonds is 5. The van der Waals surface area contributed by atoms with Gasteiger partial charge in [0.05, 0.1) is 0 Å². The molecule has 8 heteroatoms. The number of primary amides is 1. The van der Waals surface area contributed by atoms with E-state index in [2.05, 4.69) is 10.6 Å². The molecule has 3 amide bonds. The van der Waals surface area contributed by atoms with Crippen LogP contribution >= 0.6 is 11.3 Å². The van der Waals surface area contributed by atoms with Crippen molar-refractivity contribution in [1.29, 1.82) is 0 Å². The van der Waals surface area contributed by atoms with E-state index < -0.39 is 30.0 Å². The van der Waals surface area contributed by atoms with Gasteiger partial charge in [0.1, 0.15) is 6.04 Å². The molecule has 1 aromatic rings. The summed E-state index contributed by atoms with van der Waals surface area (Å²) in [7, 11) is 0. The number of carbonyl (C=O) groups excluding carboxylic acids is 2. The number of carboxylic acid groups (broad SMARTS) is 1. The van der Waals surface area contributed by atoms with Gasteiger partial charge in [-0.3, -0.25) is 4.79 Å². The van der Waals surface area contributed by atoms with Crippen molar-refractivity contribution in [3.8, 4) is 0 Å². The predicted octanol–water partition coefficient (Wildman–Crippen LogP) is 0.0468. The van der Waals surface area contributed by atoms with E-state index in [4.69, 9.17) is 10.8 Å². The zero-order valence-corrected chi connectivity index (χ0v) is 10.4. The van der Waals surface area contributed by atoms with Crippen LogP contribution in [-0.2, 0) is 9.59 Å². The van der Waals surface area contributed by atoms with Gasteiger partial charge in [-0.05, 0) is 18.4 Å². The number of thiophene rings is 1. The third-order valence-electron chi connectivity index (χ3n) is 2.12. The van der Waals surface area contributed by atoms with E-state index in [0.29, 0.717) is 4.88 Å². The van der Waals surface area contributed by atoms with Gasteiger partial charge in [0.25, 0.3) is 0 Å². The largest absolute Gasteiger partial charge is 0.479 e. The average molecular weight is 271 g/mol. The van der Waals surface area contributed by atoms with Crippen molar-refractivity contribution < 1.29 is 19.5 Å². The number of nitrogens with two attached hydrogens (primary N) is 1. The summed E-state index contributed by atoms with van der Waals surface area (Å²) in [6.45, 7) is 1.41. The quantitative estimate of drug-likeness (QED) is 0.604. The SMILES string of the molecule is CC(NC(=O)NC(C(=O)O)c1cccs1)C(N)=O. The van der Waals surface area contributed by atoms with Crippen LogP contribution in [0.2, 0.25) is 0 Å². The number of hydrogen-bond donors (Lipinski definition) is 4. The smallest absolute Gasteiger partial charge is 0.331 e. The first kappa shape index (κ1) is 14.0. The normalized spacial score (nSPS) is 13.4. The minimum atomic E-state index is -1.18. The fourth-order valence-corrected chi connectivity index (χ4v) is 1.92. The Bertz CT molecular complexity index is 446. The maximum Gasteiger partial charge on any atom is 0.331 e. The molecule has 1 aromatic heterocycles. The molecule has 0 radical (unpaired) electrons.